The van der Waals surface area contributed by atoms with Crippen LogP contribution < -0.4 is 10.6 Å². The fourth-order valence-electron chi connectivity index (χ4n) is 3.58. The monoisotopic (exact) mass is 353 g/mol. The Balaban J connectivity index is 1.77. The van der Waals surface area contributed by atoms with E-state index in [1.807, 2.05) is 13.8 Å². The Labute approximate surface area is 149 Å². The first kappa shape index (κ1) is 19.5. The molecule has 0 radical (unpaired) electrons. The lowest BCUT2D eigenvalue weighted by molar-refractivity contribution is -0.142. The predicted octanol–water partition coefficient (Wildman–Crippen LogP) is 1.82. The fraction of sp³-hybridized carbons (Fsp3) is 0.833. The minimum atomic E-state index is -0.736. The molecule has 1 unspecified atom stereocenters. The Bertz CT molecular complexity index is 487. The zero-order valence-electron chi connectivity index (χ0n) is 15.3. The molecule has 3 amide bonds. The van der Waals surface area contributed by atoms with Crippen LogP contribution in [0.15, 0.2) is 0 Å². The maximum Gasteiger partial charge on any atom is 0.317 e. The van der Waals surface area contributed by atoms with Crippen LogP contribution in [0.25, 0.3) is 0 Å². The van der Waals surface area contributed by atoms with Gasteiger partial charge >= 0.3 is 12.0 Å². The summed E-state index contributed by atoms with van der Waals surface area (Å²) in [5.41, 5.74) is 0. The highest BCUT2D eigenvalue weighted by atomic mass is 16.4. The number of piperidine rings is 1. The van der Waals surface area contributed by atoms with E-state index in [1.165, 1.54) is 0 Å². The number of carboxylic acids is 1. The van der Waals surface area contributed by atoms with Crippen molar-refractivity contribution < 1.29 is 19.5 Å². The molecule has 0 spiro atoms. The van der Waals surface area contributed by atoms with Crippen LogP contribution in [0.2, 0.25) is 0 Å². The average molecular weight is 353 g/mol. The van der Waals surface area contributed by atoms with Crippen LogP contribution in [-0.2, 0) is 9.59 Å². The van der Waals surface area contributed by atoms with Gasteiger partial charge in [-0.15, -0.1) is 0 Å². The van der Waals surface area contributed by atoms with Crippen LogP contribution in [0.3, 0.4) is 0 Å². The highest BCUT2D eigenvalue weighted by Crippen LogP contribution is 2.25. The number of amides is 3. The Morgan fingerprint density at radius 2 is 1.76 bits per heavy atom. The van der Waals surface area contributed by atoms with Gasteiger partial charge in [-0.3, -0.25) is 9.59 Å². The topological polar surface area (TPSA) is 98.7 Å². The molecule has 7 nitrogen and oxygen atoms in total. The van der Waals surface area contributed by atoms with Crippen molar-refractivity contribution in [3.63, 3.8) is 0 Å². The average Bonchev–Trinajstić information content (AvgIpc) is 2.60. The Morgan fingerprint density at radius 1 is 1.08 bits per heavy atom. The summed E-state index contributed by atoms with van der Waals surface area (Å²) >= 11 is 0. The molecule has 3 N–H and O–H groups in total. The van der Waals surface area contributed by atoms with Crippen molar-refractivity contribution in [3.8, 4) is 0 Å². The molecular weight excluding hydrogens is 322 g/mol. The quantitative estimate of drug-likeness (QED) is 0.702. The number of hydrogen-bond donors (Lipinski definition) is 3. The number of aliphatic carboxylic acids is 1. The lowest BCUT2D eigenvalue weighted by atomic mass is 9.85. The van der Waals surface area contributed by atoms with E-state index in [1.54, 1.807) is 4.90 Å². The second-order valence-electron chi connectivity index (χ2n) is 7.76. The molecule has 0 bridgehead atoms. The van der Waals surface area contributed by atoms with Crippen molar-refractivity contribution in [2.45, 2.75) is 58.4 Å². The smallest absolute Gasteiger partial charge is 0.317 e. The van der Waals surface area contributed by atoms with E-state index in [9.17, 15) is 14.4 Å². The standard InChI is InChI=1S/C18H31N3O4/c1-12(2)10-19-18(25)21-9-3-4-14(11-21)16(22)20-15-7-5-13(6-8-15)17(23)24/h12-15H,3-11H2,1-2H3,(H,19,25)(H,20,22)(H,23,24). The Hall–Kier alpha value is -1.79. The van der Waals surface area contributed by atoms with Crippen LogP contribution in [0.1, 0.15) is 52.4 Å². The summed E-state index contributed by atoms with van der Waals surface area (Å²) in [6, 6.07) is -0.0265. The second-order valence-corrected chi connectivity index (χ2v) is 7.76. The molecule has 1 atom stereocenters. The highest BCUT2D eigenvalue weighted by molar-refractivity contribution is 5.81. The van der Waals surface area contributed by atoms with Crippen LogP contribution >= 0.6 is 0 Å². The van der Waals surface area contributed by atoms with E-state index < -0.39 is 5.97 Å². The van der Waals surface area contributed by atoms with Gasteiger partial charge in [-0.2, -0.15) is 0 Å². The van der Waals surface area contributed by atoms with Gasteiger partial charge in [0.15, 0.2) is 0 Å². The van der Waals surface area contributed by atoms with Crippen LogP contribution in [0.5, 0.6) is 0 Å². The number of nitrogens with zero attached hydrogens (tertiary/aromatic N) is 1. The summed E-state index contributed by atoms with van der Waals surface area (Å²) in [7, 11) is 0. The van der Waals surface area contributed by atoms with Gasteiger partial charge in [-0.1, -0.05) is 13.8 Å². The molecule has 25 heavy (non-hydrogen) atoms. The molecule has 2 rings (SSSR count). The minimum Gasteiger partial charge on any atom is -0.481 e. The van der Waals surface area contributed by atoms with Crippen molar-refractivity contribution >= 4 is 17.9 Å². The second kappa shape index (κ2) is 9.06. The fourth-order valence-corrected chi connectivity index (χ4v) is 3.58. The molecule has 1 saturated heterocycles. The third-order valence-corrected chi connectivity index (χ3v) is 5.16. The highest BCUT2D eigenvalue weighted by Gasteiger charge is 2.31. The summed E-state index contributed by atoms with van der Waals surface area (Å²) in [6.07, 6.45) is 4.30. The maximum atomic E-state index is 12.5. The van der Waals surface area contributed by atoms with Crippen molar-refractivity contribution in [3.05, 3.63) is 0 Å². The summed E-state index contributed by atoms with van der Waals surface area (Å²) in [6.45, 7) is 5.88. The Morgan fingerprint density at radius 3 is 2.36 bits per heavy atom. The van der Waals surface area contributed by atoms with E-state index in [-0.39, 0.29) is 29.8 Å². The summed E-state index contributed by atoms with van der Waals surface area (Å²) < 4.78 is 0. The van der Waals surface area contributed by atoms with Gasteiger partial charge in [0.2, 0.25) is 5.91 Å². The van der Waals surface area contributed by atoms with Crippen molar-refractivity contribution in [2.75, 3.05) is 19.6 Å². The summed E-state index contributed by atoms with van der Waals surface area (Å²) in [5.74, 6) is -0.785. The van der Waals surface area contributed by atoms with Gasteiger partial charge in [0, 0.05) is 25.7 Å². The van der Waals surface area contributed by atoms with Crippen LogP contribution in [0.4, 0.5) is 4.79 Å². The first-order chi connectivity index (χ1) is 11.9. The largest absolute Gasteiger partial charge is 0.481 e. The van der Waals surface area contributed by atoms with Gasteiger partial charge in [0.25, 0.3) is 0 Å². The number of rotatable bonds is 5. The molecule has 142 valence electrons. The molecular formula is C18H31N3O4. The third kappa shape index (κ3) is 5.90. The maximum absolute atomic E-state index is 12.5. The first-order valence-electron chi connectivity index (χ1n) is 9.42. The predicted molar refractivity (Wildman–Crippen MR) is 94.1 cm³/mol. The molecule has 2 aliphatic rings. The lowest BCUT2D eigenvalue weighted by Gasteiger charge is -2.34. The van der Waals surface area contributed by atoms with Gasteiger partial charge in [0.05, 0.1) is 11.8 Å². The number of hydrogen-bond acceptors (Lipinski definition) is 3. The zero-order valence-corrected chi connectivity index (χ0v) is 15.3. The Kier molecular flexibility index (Phi) is 7.08. The number of carboxylic acid groups (broad SMARTS) is 1. The molecule has 0 aromatic heterocycles. The normalized spacial score (nSPS) is 27.0. The number of carbonyl (C=O) groups is 3. The molecule has 0 aromatic rings. The van der Waals surface area contributed by atoms with E-state index in [2.05, 4.69) is 10.6 Å². The van der Waals surface area contributed by atoms with Gasteiger partial charge in [0.1, 0.15) is 0 Å². The van der Waals surface area contributed by atoms with E-state index >= 15 is 0 Å². The van der Waals surface area contributed by atoms with Crippen LogP contribution in [-0.4, -0.2) is 53.6 Å². The lowest BCUT2D eigenvalue weighted by Crippen LogP contribution is -2.51. The van der Waals surface area contributed by atoms with E-state index in [0.29, 0.717) is 51.2 Å². The molecule has 7 heteroatoms. The van der Waals surface area contributed by atoms with Crippen molar-refractivity contribution in [2.24, 2.45) is 17.8 Å². The summed E-state index contributed by atoms with van der Waals surface area (Å²) in [4.78, 5) is 37.4. The van der Waals surface area contributed by atoms with E-state index in [4.69, 9.17) is 5.11 Å². The summed E-state index contributed by atoms with van der Waals surface area (Å²) in [5, 5.41) is 15.0. The number of likely N-dealkylation sites (tertiary alicyclic amines) is 1. The SMILES string of the molecule is CC(C)CNC(=O)N1CCCC(C(=O)NC2CCC(C(=O)O)CC2)C1. The number of carbonyl (C=O) groups excluding carboxylic acids is 2. The van der Waals surface area contributed by atoms with Crippen molar-refractivity contribution in [1.29, 1.82) is 0 Å². The molecule has 1 aliphatic carbocycles. The van der Waals surface area contributed by atoms with Gasteiger partial charge in [-0.05, 0) is 44.4 Å². The van der Waals surface area contributed by atoms with E-state index in [0.717, 1.165) is 12.8 Å². The molecule has 1 aliphatic heterocycles. The number of urea groups is 1. The van der Waals surface area contributed by atoms with Crippen LogP contribution in [0, 0.1) is 17.8 Å². The zero-order chi connectivity index (χ0) is 18.4. The minimum absolute atomic E-state index is 0.000125. The first-order valence-corrected chi connectivity index (χ1v) is 9.42. The molecule has 1 saturated carbocycles. The molecule has 2 fully saturated rings. The van der Waals surface area contributed by atoms with Crippen molar-refractivity contribution in [1.82, 2.24) is 15.5 Å². The molecule has 1 heterocycles. The van der Waals surface area contributed by atoms with Gasteiger partial charge in [-0.25, -0.2) is 4.79 Å². The number of nitrogens with one attached hydrogen (secondary N) is 2. The molecule has 0 aromatic carbocycles. The third-order valence-electron chi connectivity index (χ3n) is 5.16. The van der Waals surface area contributed by atoms with Gasteiger partial charge < -0.3 is 20.6 Å².